The molecular formula is C13H22N2O2S. The summed E-state index contributed by atoms with van der Waals surface area (Å²) in [4.78, 5) is 5.56. The van der Waals surface area contributed by atoms with Gasteiger partial charge in [0.1, 0.15) is 6.10 Å². The van der Waals surface area contributed by atoms with Crippen molar-refractivity contribution in [1.29, 1.82) is 0 Å². The summed E-state index contributed by atoms with van der Waals surface area (Å²) < 4.78 is 11.5. The molecule has 0 atom stereocenters. The van der Waals surface area contributed by atoms with Crippen LogP contribution in [0.2, 0.25) is 0 Å². The first-order valence-electron chi connectivity index (χ1n) is 6.65. The molecule has 1 fully saturated rings. The smallest absolute Gasteiger partial charge is 0.230 e. The monoisotopic (exact) mass is 270 g/mol. The predicted molar refractivity (Wildman–Crippen MR) is 73.0 cm³/mol. The first-order valence-corrected chi connectivity index (χ1v) is 7.47. The first-order chi connectivity index (χ1) is 8.69. The van der Waals surface area contributed by atoms with E-state index in [2.05, 4.69) is 4.98 Å². The van der Waals surface area contributed by atoms with Gasteiger partial charge in [0, 0.05) is 12.6 Å². The largest absolute Gasteiger partial charge is 0.473 e. The van der Waals surface area contributed by atoms with Crippen LogP contribution in [0.5, 0.6) is 5.88 Å². The van der Waals surface area contributed by atoms with Gasteiger partial charge in [0.2, 0.25) is 5.88 Å². The van der Waals surface area contributed by atoms with Crippen LogP contribution >= 0.6 is 11.3 Å². The molecule has 0 unspecified atom stereocenters. The number of rotatable bonds is 5. The number of hydrogen-bond acceptors (Lipinski definition) is 5. The number of ether oxygens (including phenoxy) is 2. The lowest BCUT2D eigenvalue weighted by atomic mass is 9.94. The van der Waals surface area contributed by atoms with Crippen LogP contribution in [0.25, 0.3) is 0 Å². The molecule has 1 aromatic rings. The molecule has 0 aromatic carbocycles. The molecule has 0 radical (unpaired) electrons. The van der Waals surface area contributed by atoms with Gasteiger partial charge in [-0.3, -0.25) is 0 Å². The highest BCUT2D eigenvalue weighted by molar-refractivity contribution is 7.11. The Bertz CT molecular complexity index is 373. The summed E-state index contributed by atoms with van der Waals surface area (Å²) in [5.74, 6) is 0.770. The number of hydrogen-bond donors (Lipinski definition) is 1. The fourth-order valence-corrected chi connectivity index (χ4v) is 3.00. The molecule has 102 valence electrons. The lowest BCUT2D eigenvalue weighted by Gasteiger charge is -2.26. The van der Waals surface area contributed by atoms with E-state index in [1.807, 2.05) is 13.8 Å². The quantitative estimate of drug-likeness (QED) is 0.893. The maximum absolute atomic E-state index is 6.02. The zero-order valence-electron chi connectivity index (χ0n) is 11.1. The van der Waals surface area contributed by atoms with Crippen LogP contribution in [-0.4, -0.2) is 23.7 Å². The minimum atomic E-state index is 0.270. The van der Waals surface area contributed by atoms with E-state index in [9.17, 15) is 0 Å². The maximum atomic E-state index is 6.02. The Morgan fingerprint density at radius 3 is 2.72 bits per heavy atom. The van der Waals surface area contributed by atoms with E-state index in [0.717, 1.165) is 41.4 Å². The molecular weight excluding hydrogens is 248 g/mol. The van der Waals surface area contributed by atoms with Crippen LogP contribution in [-0.2, 0) is 11.3 Å². The van der Waals surface area contributed by atoms with E-state index in [1.54, 1.807) is 11.3 Å². The minimum absolute atomic E-state index is 0.270. The van der Waals surface area contributed by atoms with Crippen molar-refractivity contribution in [2.45, 2.75) is 58.3 Å². The molecule has 0 bridgehead atoms. The van der Waals surface area contributed by atoms with Crippen molar-refractivity contribution in [2.24, 2.45) is 5.73 Å². The van der Waals surface area contributed by atoms with E-state index >= 15 is 0 Å². The number of thiazole rings is 1. The minimum Gasteiger partial charge on any atom is -0.473 e. The van der Waals surface area contributed by atoms with Gasteiger partial charge < -0.3 is 15.2 Å². The molecule has 0 saturated heterocycles. The molecule has 0 spiro atoms. The van der Waals surface area contributed by atoms with Crippen molar-refractivity contribution in [2.75, 3.05) is 6.61 Å². The van der Waals surface area contributed by atoms with Gasteiger partial charge in [0.15, 0.2) is 0 Å². The van der Waals surface area contributed by atoms with E-state index in [-0.39, 0.29) is 6.10 Å². The van der Waals surface area contributed by atoms with Gasteiger partial charge in [0.25, 0.3) is 0 Å². The van der Waals surface area contributed by atoms with Gasteiger partial charge >= 0.3 is 0 Å². The normalized spacial score (nSPS) is 24.2. The second-order valence-electron chi connectivity index (χ2n) is 4.75. The van der Waals surface area contributed by atoms with Gasteiger partial charge in [-0.15, -0.1) is 11.3 Å². The van der Waals surface area contributed by atoms with E-state index in [4.69, 9.17) is 15.2 Å². The number of aromatic nitrogens is 1. The van der Waals surface area contributed by atoms with Crippen LogP contribution in [0.15, 0.2) is 0 Å². The van der Waals surface area contributed by atoms with Crippen molar-refractivity contribution >= 4 is 11.3 Å². The van der Waals surface area contributed by atoms with Crippen LogP contribution in [0.4, 0.5) is 0 Å². The Balaban J connectivity index is 1.95. The Kier molecular flexibility index (Phi) is 4.97. The van der Waals surface area contributed by atoms with E-state index in [1.165, 1.54) is 0 Å². The molecule has 0 amide bonds. The summed E-state index contributed by atoms with van der Waals surface area (Å²) in [5, 5.41) is 1.03. The molecule has 1 heterocycles. The highest BCUT2D eigenvalue weighted by Gasteiger charge is 2.22. The Hall–Kier alpha value is -0.650. The summed E-state index contributed by atoms with van der Waals surface area (Å²) in [6.07, 6.45) is 4.44. The molecule has 2 N–H and O–H groups in total. The molecule has 0 aliphatic heterocycles. The highest BCUT2D eigenvalue weighted by atomic mass is 32.1. The van der Waals surface area contributed by atoms with Crippen molar-refractivity contribution in [1.82, 2.24) is 4.98 Å². The maximum Gasteiger partial charge on any atom is 0.230 e. The fourth-order valence-electron chi connectivity index (χ4n) is 2.19. The van der Waals surface area contributed by atoms with Gasteiger partial charge in [0.05, 0.1) is 16.5 Å². The zero-order valence-corrected chi connectivity index (χ0v) is 12.0. The molecule has 1 aliphatic carbocycles. The van der Waals surface area contributed by atoms with Crippen molar-refractivity contribution in [3.05, 3.63) is 9.88 Å². The van der Waals surface area contributed by atoms with Crippen LogP contribution in [0, 0.1) is 6.92 Å². The topological polar surface area (TPSA) is 57.4 Å². The molecule has 2 rings (SSSR count). The summed E-state index contributed by atoms with van der Waals surface area (Å²) in [7, 11) is 0. The van der Waals surface area contributed by atoms with Crippen LogP contribution in [0.3, 0.4) is 0 Å². The molecule has 1 aromatic heterocycles. The SMILES string of the molecule is CCOCc1sc(C)nc1O[C@H]1CC[C@H](N)CC1. The zero-order chi connectivity index (χ0) is 13.0. The van der Waals surface area contributed by atoms with Gasteiger partial charge in [-0.2, -0.15) is 0 Å². The number of nitrogens with two attached hydrogens (primary N) is 1. The second-order valence-corrected chi connectivity index (χ2v) is 6.04. The molecule has 1 saturated carbocycles. The lowest BCUT2D eigenvalue weighted by Crippen LogP contribution is -2.31. The molecule has 5 heteroatoms. The third kappa shape index (κ3) is 3.67. The van der Waals surface area contributed by atoms with Crippen LogP contribution < -0.4 is 10.5 Å². The van der Waals surface area contributed by atoms with Crippen molar-refractivity contribution in [3.63, 3.8) is 0 Å². The standard InChI is InChI=1S/C13H22N2O2S/c1-3-16-8-12-13(15-9(2)18-12)17-11-6-4-10(14)5-7-11/h10-11H,3-8,14H2,1-2H3/t10-,11-. The average molecular weight is 270 g/mol. The third-order valence-electron chi connectivity index (χ3n) is 3.20. The van der Waals surface area contributed by atoms with Gasteiger partial charge in [-0.05, 0) is 39.5 Å². The first kappa shape index (κ1) is 13.8. The molecule has 1 aliphatic rings. The van der Waals surface area contributed by atoms with Gasteiger partial charge in [-0.25, -0.2) is 4.98 Å². The van der Waals surface area contributed by atoms with Crippen molar-refractivity contribution < 1.29 is 9.47 Å². The number of nitrogens with zero attached hydrogens (tertiary/aromatic N) is 1. The predicted octanol–water partition coefficient (Wildman–Crippen LogP) is 2.64. The van der Waals surface area contributed by atoms with Crippen LogP contribution in [0.1, 0.15) is 42.5 Å². The van der Waals surface area contributed by atoms with Crippen molar-refractivity contribution in [3.8, 4) is 5.88 Å². The average Bonchev–Trinajstić information content (AvgIpc) is 2.70. The fraction of sp³-hybridized carbons (Fsp3) is 0.769. The third-order valence-corrected chi connectivity index (χ3v) is 4.13. The highest BCUT2D eigenvalue weighted by Crippen LogP contribution is 2.29. The lowest BCUT2D eigenvalue weighted by molar-refractivity contribution is 0.118. The van der Waals surface area contributed by atoms with E-state index in [0.29, 0.717) is 19.3 Å². The Morgan fingerprint density at radius 1 is 1.33 bits per heavy atom. The Morgan fingerprint density at radius 2 is 2.06 bits per heavy atom. The molecule has 18 heavy (non-hydrogen) atoms. The summed E-state index contributed by atoms with van der Waals surface area (Å²) in [6.45, 7) is 5.32. The molecule has 4 nitrogen and oxygen atoms in total. The Labute approximate surface area is 113 Å². The summed E-state index contributed by atoms with van der Waals surface area (Å²) in [6, 6.07) is 0.352. The van der Waals surface area contributed by atoms with Gasteiger partial charge in [-0.1, -0.05) is 0 Å². The summed E-state index contributed by atoms with van der Waals surface area (Å²) in [5.41, 5.74) is 5.90. The second kappa shape index (κ2) is 6.50. The summed E-state index contributed by atoms with van der Waals surface area (Å²) >= 11 is 1.66. The number of aryl methyl sites for hydroxylation is 1. The van der Waals surface area contributed by atoms with E-state index < -0.39 is 0 Å².